The van der Waals surface area contributed by atoms with Crippen molar-refractivity contribution in [2.45, 2.75) is 39.7 Å². The van der Waals surface area contributed by atoms with Gasteiger partial charge in [0.15, 0.2) is 5.78 Å². The van der Waals surface area contributed by atoms with Crippen LogP contribution in [0.2, 0.25) is 0 Å². The Kier molecular flexibility index (Phi) is 5.30. The fourth-order valence-electron chi connectivity index (χ4n) is 2.59. The molecule has 0 fully saturated rings. The zero-order valence-electron chi connectivity index (χ0n) is 13.9. The van der Waals surface area contributed by atoms with Gasteiger partial charge in [-0.25, -0.2) is 0 Å². The van der Waals surface area contributed by atoms with E-state index in [1.165, 1.54) is 6.08 Å². The molecule has 1 aliphatic carbocycles. The van der Waals surface area contributed by atoms with E-state index in [2.05, 4.69) is 21.2 Å². The summed E-state index contributed by atoms with van der Waals surface area (Å²) in [5.74, 6) is -1.45. The Morgan fingerprint density at radius 2 is 1.87 bits per heavy atom. The molecule has 0 unspecified atom stereocenters. The molecule has 1 N–H and O–H groups in total. The fourth-order valence-corrected chi connectivity index (χ4v) is 2.85. The van der Waals surface area contributed by atoms with E-state index in [0.717, 1.165) is 15.9 Å². The van der Waals surface area contributed by atoms with E-state index in [-0.39, 0.29) is 11.7 Å². The van der Waals surface area contributed by atoms with Gasteiger partial charge >= 0.3 is 5.97 Å². The smallest absolute Gasteiger partial charge is 0.317 e. The third kappa shape index (κ3) is 4.93. The molecular weight excluding hydrogens is 358 g/mol. The quantitative estimate of drug-likeness (QED) is 0.627. The normalized spacial score (nSPS) is 21.6. The molecular formula is C18H22BrNO3. The number of hydrogen-bond acceptors (Lipinski definition) is 4. The molecule has 0 bridgehead atoms. The summed E-state index contributed by atoms with van der Waals surface area (Å²) < 4.78 is 6.37. The Bertz CT molecular complexity index is 629. The number of carbonyl (C=O) groups excluding carboxylic acids is 2. The lowest BCUT2D eigenvalue weighted by Gasteiger charge is -2.29. The highest BCUT2D eigenvalue weighted by atomic mass is 79.9. The number of ketones is 1. The molecule has 0 aliphatic heterocycles. The maximum Gasteiger partial charge on any atom is 0.317 e. The SMILES string of the molecule is C[C@@H]1CC(Nc2ccc(Br)cc2)=CC(=O)[C@H]1C(=O)OC(C)(C)C. The average molecular weight is 380 g/mol. The molecule has 0 amide bonds. The summed E-state index contributed by atoms with van der Waals surface area (Å²) in [7, 11) is 0. The molecule has 5 heteroatoms. The number of carbonyl (C=O) groups is 2. The van der Waals surface area contributed by atoms with E-state index in [1.807, 2.05) is 31.2 Å². The van der Waals surface area contributed by atoms with Crippen LogP contribution in [-0.2, 0) is 14.3 Å². The maximum absolute atomic E-state index is 12.4. The molecule has 0 radical (unpaired) electrons. The van der Waals surface area contributed by atoms with Gasteiger partial charge in [0.2, 0.25) is 0 Å². The van der Waals surface area contributed by atoms with Gasteiger partial charge in [-0.3, -0.25) is 9.59 Å². The average Bonchev–Trinajstić information content (AvgIpc) is 2.38. The first-order chi connectivity index (χ1) is 10.7. The minimum Gasteiger partial charge on any atom is -0.459 e. The number of rotatable bonds is 3. The maximum atomic E-state index is 12.4. The van der Waals surface area contributed by atoms with Crippen LogP contribution in [0.15, 0.2) is 40.5 Å². The molecule has 2 rings (SSSR count). The van der Waals surface area contributed by atoms with Gasteiger partial charge in [0.05, 0.1) is 0 Å². The van der Waals surface area contributed by atoms with E-state index in [9.17, 15) is 9.59 Å². The van der Waals surface area contributed by atoms with Gasteiger partial charge in [0.1, 0.15) is 11.5 Å². The van der Waals surface area contributed by atoms with Crippen molar-refractivity contribution >= 4 is 33.4 Å². The van der Waals surface area contributed by atoms with Gasteiger partial charge in [-0.2, -0.15) is 0 Å². The number of benzene rings is 1. The highest BCUT2D eigenvalue weighted by Gasteiger charge is 2.37. The fraction of sp³-hybridized carbons (Fsp3) is 0.444. The van der Waals surface area contributed by atoms with Gasteiger partial charge in [-0.1, -0.05) is 22.9 Å². The van der Waals surface area contributed by atoms with E-state index >= 15 is 0 Å². The lowest BCUT2D eigenvalue weighted by Crippen LogP contribution is -2.38. The van der Waals surface area contributed by atoms with Crippen molar-refractivity contribution in [1.29, 1.82) is 0 Å². The van der Waals surface area contributed by atoms with E-state index < -0.39 is 17.5 Å². The van der Waals surface area contributed by atoms with Crippen LogP contribution < -0.4 is 5.32 Å². The number of anilines is 1. The van der Waals surface area contributed by atoms with Gasteiger partial charge in [-0.05, 0) is 57.4 Å². The number of hydrogen-bond donors (Lipinski definition) is 1. The monoisotopic (exact) mass is 379 g/mol. The van der Waals surface area contributed by atoms with Crippen LogP contribution in [0.4, 0.5) is 5.69 Å². The molecule has 0 saturated heterocycles. The van der Waals surface area contributed by atoms with Gasteiger partial charge in [0, 0.05) is 21.9 Å². The zero-order chi connectivity index (χ0) is 17.2. The number of esters is 1. The molecule has 2 atom stereocenters. The van der Waals surface area contributed by atoms with Crippen molar-refractivity contribution in [2.75, 3.05) is 5.32 Å². The van der Waals surface area contributed by atoms with Crippen LogP contribution in [0, 0.1) is 11.8 Å². The Morgan fingerprint density at radius 3 is 2.39 bits per heavy atom. The summed E-state index contributed by atoms with van der Waals surface area (Å²) in [5.41, 5.74) is 1.15. The van der Waals surface area contributed by atoms with Crippen LogP contribution in [0.5, 0.6) is 0 Å². The van der Waals surface area contributed by atoms with Crippen LogP contribution in [0.25, 0.3) is 0 Å². The summed E-state index contributed by atoms with van der Waals surface area (Å²) in [6.07, 6.45) is 2.16. The number of ether oxygens (including phenoxy) is 1. The summed E-state index contributed by atoms with van der Waals surface area (Å²) in [5, 5.41) is 3.24. The summed E-state index contributed by atoms with van der Waals surface area (Å²) in [6.45, 7) is 7.32. The van der Waals surface area contributed by atoms with Gasteiger partial charge < -0.3 is 10.1 Å². The summed E-state index contributed by atoms with van der Waals surface area (Å²) >= 11 is 3.39. The lowest BCUT2D eigenvalue weighted by molar-refractivity contribution is -0.163. The first-order valence-electron chi connectivity index (χ1n) is 7.65. The molecule has 23 heavy (non-hydrogen) atoms. The van der Waals surface area contributed by atoms with Crippen molar-refractivity contribution in [3.8, 4) is 0 Å². The van der Waals surface area contributed by atoms with E-state index in [4.69, 9.17) is 4.74 Å². The number of allylic oxidation sites excluding steroid dienone is 2. The second-order valence-corrected chi connectivity index (χ2v) is 7.81. The summed E-state index contributed by atoms with van der Waals surface area (Å²) in [4.78, 5) is 24.6. The van der Waals surface area contributed by atoms with Crippen molar-refractivity contribution in [1.82, 2.24) is 0 Å². The van der Waals surface area contributed by atoms with Crippen LogP contribution >= 0.6 is 15.9 Å². The third-order valence-corrected chi connectivity index (χ3v) is 4.07. The molecule has 0 spiro atoms. The Labute approximate surface area is 145 Å². The number of halogens is 1. The standard InChI is InChI=1S/C18H22BrNO3/c1-11-9-14(20-13-7-5-12(19)6-8-13)10-15(21)16(11)17(22)23-18(2,3)4/h5-8,10-11,16,20H,9H2,1-4H3/t11-,16+/m1/s1. The third-order valence-electron chi connectivity index (χ3n) is 3.54. The zero-order valence-corrected chi connectivity index (χ0v) is 15.4. The second-order valence-electron chi connectivity index (χ2n) is 6.90. The highest BCUT2D eigenvalue weighted by Crippen LogP contribution is 2.30. The first-order valence-corrected chi connectivity index (χ1v) is 8.45. The molecule has 1 aliphatic rings. The summed E-state index contributed by atoms with van der Waals surface area (Å²) in [6, 6.07) is 7.72. The van der Waals surface area contributed by atoms with Crippen molar-refractivity contribution in [3.05, 3.63) is 40.5 Å². The first kappa shape index (κ1) is 17.7. The minimum absolute atomic E-state index is 0.0969. The molecule has 1 aromatic carbocycles. The largest absolute Gasteiger partial charge is 0.459 e. The van der Waals surface area contributed by atoms with E-state index in [0.29, 0.717) is 6.42 Å². The second kappa shape index (κ2) is 6.87. The van der Waals surface area contributed by atoms with Crippen LogP contribution in [0.1, 0.15) is 34.1 Å². The van der Waals surface area contributed by atoms with Crippen molar-refractivity contribution in [2.24, 2.45) is 11.8 Å². The Morgan fingerprint density at radius 1 is 1.26 bits per heavy atom. The van der Waals surface area contributed by atoms with Crippen LogP contribution in [-0.4, -0.2) is 17.4 Å². The molecule has 1 aromatic rings. The van der Waals surface area contributed by atoms with E-state index in [1.54, 1.807) is 20.8 Å². The number of nitrogens with one attached hydrogen (secondary N) is 1. The molecule has 4 nitrogen and oxygen atoms in total. The van der Waals surface area contributed by atoms with Gasteiger partial charge in [0.25, 0.3) is 0 Å². The molecule has 0 saturated carbocycles. The Balaban J connectivity index is 2.10. The highest BCUT2D eigenvalue weighted by molar-refractivity contribution is 9.10. The topological polar surface area (TPSA) is 55.4 Å². The Hall–Kier alpha value is -1.62. The predicted octanol–water partition coefficient (Wildman–Crippen LogP) is 4.31. The molecule has 0 heterocycles. The van der Waals surface area contributed by atoms with Crippen molar-refractivity contribution < 1.29 is 14.3 Å². The van der Waals surface area contributed by atoms with Gasteiger partial charge in [-0.15, -0.1) is 0 Å². The van der Waals surface area contributed by atoms with Crippen molar-refractivity contribution in [3.63, 3.8) is 0 Å². The predicted molar refractivity (Wildman–Crippen MR) is 94.0 cm³/mol. The minimum atomic E-state index is -0.718. The van der Waals surface area contributed by atoms with Crippen LogP contribution in [0.3, 0.4) is 0 Å². The molecule has 124 valence electrons. The molecule has 0 aromatic heterocycles. The lowest BCUT2D eigenvalue weighted by atomic mass is 9.81.